The van der Waals surface area contributed by atoms with Crippen LogP contribution in [0.25, 0.3) is 10.9 Å². The quantitative estimate of drug-likeness (QED) is 0.914. The van der Waals surface area contributed by atoms with E-state index < -0.39 is 5.97 Å². The average molecular weight is 315 g/mol. The molecule has 23 heavy (non-hydrogen) atoms. The van der Waals surface area contributed by atoms with Crippen molar-refractivity contribution in [3.8, 4) is 11.5 Å². The van der Waals surface area contributed by atoms with E-state index in [1.165, 1.54) is 0 Å². The van der Waals surface area contributed by atoms with Crippen LogP contribution in [-0.4, -0.2) is 29.8 Å². The third kappa shape index (κ3) is 3.55. The van der Waals surface area contributed by atoms with Crippen molar-refractivity contribution < 1.29 is 19.4 Å². The highest BCUT2D eigenvalue weighted by Crippen LogP contribution is 2.31. The summed E-state index contributed by atoms with van der Waals surface area (Å²) in [4.78, 5) is 15.3. The molecule has 3 rings (SSSR count). The molecule has 0 aliphatic heterocycles. The number of hydrogen-bond acceptors (Lipinski definition) is 4. The molecule has 1 saturated carbocycles. The molecule has 0 amide bonds. The standard InChI is InChI=1S/C18H21NO4/c1-22-14-6-7-16-15(10-14)17(8-9-19-16)23-11-12-2-4-13(5-3-12)18(20)21/h6-10,12-13H,2-5,11H2,1H3,(H,20,21). The van der Waals surface area contributed by atoms with Gasteiger partial charge in [-0.3, -0.25) is 9.78 Å². The largest absolute Gasteiger partial charge is 0.497 e. The second kappa shape index (κ2) is 6.86. The zero-order valence-electron chi connectivity index (χ0n) is 13.2. The van der Waals surface area contributed by atoms with Gasteiger partial charge < -0.3 is 14.6 Å². The van der Waals surface area contributed by atoms with E-state index in [1.807, 2.05) is 24.3 Å². The Labute approximate surface area is 135 Å². The lowest BCUT2D eigenvalue weighted by Crippen LogP contribution is -2.24. The summed E-state index contributed by atoms with van der Waals surface area (Å²) in [7, 11) is 1.64. The number of methoxy groups -OCH3 is 1. The summed E-state index contributed by atoms with van der Waals surface area (Å²) in [5.74, 6) is 1.14. The third-order valence-corrected chi connectivity index (χ3v) is 4.58. The fourth-order valence-corrected chi connectivity index (χ4v) is 3.14. The maximum atomic E-state index is 11.0. The first-order valence-electron chi connectivity index (χ1n) is 7.95. The van der Waals surface area contributed by atoms with Crippen LogP contribution in [-0.2, 0) is 4.79 Å². The monoisotopic (exact) mass is 315 g/mol. The molecule has 5 heteroatoms. The fourth-order valence-electron chi connectivity index (χ4n) is 3.14. The van der Waals surface area contributed by atoms with Gasteiger partial charge in [-0.05, 0) is 55.9 Å². The lowest BCUT2D eigenvalue weighted by Gasteiger charge is -2.26. The lowest BCUT2D eigenvalue weighted by atomic mass is 9.82. The number of rotatable bonds is 5. The molecule has 0 spiro atoms. The van der Waals surface area contributed by atoms with Crippen LogP contribution in [0.5, 0.6) is 11.5 Å². The number of carboxylic acids is 1. The Morgan fingerprint density at radius 2 is 2.04 bits per heavy atom. The van der Waals surface area contributed by atoms with Crippen molar-refractivity contribution in [3.05, 3.63) is 30.5 Å². The van der Waals surface area contributed by atoms with Gasteiger partial charge in [0.1, 0.15) is 11.5 Å². The molecule has 5 nitrogen and oxygen atoms in total. The van der Waals surface area contributed by atoms with Gasteiger partial charge in [0.15, 0.2) is 0 Å². The van der Waals surface area contributed by atoms with Crippen LogP contribution in [0.15, 0.2) is 30.5 Å². The van der Waals surface area contributed by atoms with Crippen molar-refractivity contribution in [2.75, 3.05) is 13.7 Å². The van der Waals surface area contributed by atoms with Crippen LogP contribution in [0.2, 0.25) is 0 Å². The molecule has 0 atom stereocenters. The predicted octanol–water partition coefficient (Wildman–Crippen LogP) is 3.51. The maximum absolute atomic E-state index is 11.0. The highest BCUT2D eigenvalue weighted by Gasteiger charge is 2.26. The molecule has 1 N–H and O–H groups in total. The van der Waals surface area contributed by atoms with Gasteiger partial charge in [0, 0.05) is 11.6 Å². The minimum absolute atomic E-state index is 0.183. The molecule has 122 valence electrons. The van der Waals surface area contributed by atoms with Crippen LogP contribution in [0.4, 0.5) is 0 Å². The van der Waals surface area contributed by atoms with Crippen molar-refractivity contribution in [1.82, 2.24) is 4.98 Å². The summed E-state index contributed by atoms with van der Waals surface area (Å²) in [5.41, 5.74) is 0.873. The Morgan fingerprint density at radius 3 is 2.74 bits per heavy atom. The number of hydrogen-bond donors (Lipinski definition) is 1. The van der Waals surface area contributed by atoms with E-state index in [2.05, 4.69) is 4.98 Å². The second-order valence-electron chi connectivity index (χ2n) is 6.06. The van der Waals surface area contributed by atoms with Gasteiger partial charge in [-0.15, -0.1) is 0 Å². The van der Waals surface area contributed by atoms with E-state index in [4.69, 9.17) is 14.6 Å². The Morgan fingerprint density at radius 1 is 1.26 bits per heavy atom. The summed E-state index contributed by atoms with van der Waals surface area (Å²) in [5, 5.41) is 9.99. The first-order valence-corrected chi connectivity index (χ1v) is 7.95. The van der Waals surface area contributed by atoms with Crippen LogP contribution in [0.3, 0.4) is 0 Å². The van der Waals surface area contributed by atoms with Gasteiger partial charge in [-0.25, -0.2) is 0 Å². The minimum atomic E-state index is -0.670. The van der Waals surface area contributed by atoms with Crippen LogP contribution >= 0.6 is 0 Å². The SMILES string of the molecule is COc1ccc2nccc(OCC3CCC(C(=O)O)CC3)c2c1. The van der Waals surface area contributed by atoms with E-state index in [9.17, 15) is 4.79 Å². The third-order valence-electron chi connectivity index (χ3n) is 4.58. The first-order chi connectivity index (χ1) is 11.2. The highest BCUT2D eigenvalue weighted by molar-refractivity contribution is 5.86. The summed E-state index contributed by atoms with van der Waals surface area (Å²) < 4.78 is 11.3. The van der Waals surface area contributed by atoms with Gasteiger partial charge in [0.05, 0.1) is 25.2 Å². The van der Waals surface area contributed by atoms with Crippen LogP contribution in [0.1, 0.15) is 25.7 Å². The van der Waals surface area contributed by atoms with Crippen molar-refractivity contribution in [2.24, 2.45) is 11.8 Å². The molecule has 2 aromatic rings. The molecule has 1 fully saturated rings. The van der Waals surface area contributed by atoms with Crippen molar-refractivity contribution in [2.45, 2.75) is 25.7 Å². The number of pyridine rings is 1. The number of aromatic nitrogens is 1. The van der Waals surface area contributed by atoms with Crippen molar-refractivity contribution >= 4 is 16.9 Å². The van der Waals surface area contributed by atoms with Gasteiger partial charge in [0.2, 0.25) is 0 Å². The second-order valence-corrected chi connectivity index (χ2v) is 6.06. The molecule has 1 aliphatic rings. The molecule has 1 aromatic heterocycles. The number of aliphatic carboxylic acids is 1. The van der Waals surface area contributed by atoms with Gasteiger partial charge >= 0.3 is 5.97 Å². The molecular weight excluding hydrogens is 294 g/mol. The summed E-state index contributed by atoms with van der Waals surface area (Å²) in [6.45, 7) is 0.614. The topological polar surface area (TPSA) is 68.7 Å². The van der Waals surface area contributed by atoms with Gasteiger partial charge in [-0.2, -0.15) is 0 Å². The molecule has 0 unspecified atom stereocenters. The zero-order chi connectivity index (χ0) is 16.2. The molecule has 1 heterocycles. The molecule has 0 radical (unpaired) electrons. The summed E-state index contributed by atoms with van der Waals surface area (Å²) in [6.07, 6.45) is 5.04. The number of ether oxygens (including phenoxy) is 2. The lowest BCUT2D eigenvalue weighted by molar-refractivity contribution is -0.143. The van der Waals surface area contributed by atoms with Crippen LogP contribution in [0, 0.1) is 11.8 Å². The van der Waals surface area contributed by atoms with Gasteiger partial charge in [0.25, 0.3) is 0 Å². The fraction of sp³-hybridized carbons (Fsp3) is 0.444. The van der Waals surface area contributed by atoms with E-state index in [0.29, 0.717) is 12.5 Å². The summed E-state index contributed by atoms with van der Waals surface area (Å²) in [6, 6.07) is 7.59. The van der Waals surface area contributed by atoms with E-state index in [-0.39, 0.29) is 5.92 Å². The summed E-state index contributed by atoms with van der Waals surface area (Å²) >= 11 is 0. The van der Waals surface area contributed by atoms with E-state index >= 15 is 0 Å². The Kier molecular flexibility index (Phi) is 4.65. The van der Waals surface area contributed by atoms with Crippen LogP contribution < -0.4 is 9.47 Å². The van der Waals surface area contributed by atoms with E-state index in [1.54, 1.807) is 13.3 Å². The predicted molar refractivity (Wildman–Crippen MR) is 86.9 cm³/mol. The number of carboxylic acid groups (broad SMARTS) is 1. The average Bonchev–Trinajstić information content (AvgIpc) is 2.59. The van der Waals surface area contributed by atoms with E-state index in [0.717, 1.165) is 48.1 Å². The Balaban J connectivity index is 1.67. The molecule has 1 aliphatic carbocycles. The Bertz CT molecular complexity index is 692. The molecule has 0 saturated heterocycles. The smallest absolute Gasteiger partial charge is 0.306 e. The molecular formula is C18H21NO4. The number of carbonyl (C=O) groups is 1. The Hall–Kier alpha value is -2.30. The number of benzene rings is 1. The first kappa shape index (κ1) is 15.6. The molecule has 1 aromatic carbocycles. The minimum Gasteiger partial charge on any atom is -0.497 e. The zero-order valence-corrected chi connectivity index (χ0v) is 13.2. The number of fused-ring (bicyclic) bond motifs is 1. The van der Waals surface area contributed by atoms with Gasteiger partial charge in [-0.1, -0.05) is 0 Å². The van der Waals surface area contributed by atoms with Crippen molar-refractivity contribution in [3.63, 3.8) is 0 Å². The van der Waals surface area contributed by atoms with Crippen molar-refractivity contribution in [1.29, 1.82) is 0 Å². The molecule has 0 bridgehead atoms. The maximum Gasteiger partial charge on any atom is 0.306 e. The normalized spacial score (nSPS) is 21.1. The highest BCUT2D eigenvalue weighted by atomic mass is 16.5. The number of nitrogens with zero attached hydrogens (tertiary/aromatic N) is 1.